The largest absolute Gasteiger partial charge is 0.334 e. The lowest BCUT2D eigenvalue weighted by Crippen LogP contribution is -3.11. The predicted octanol–water partition coefficient (Wildman–Crippen LogP) is 4.29. The van der Waals surface area contributed by atoms with E-state index in [0.717, 1.165) is 51.1 Å². The van der Waals surface area contributed by atoms with Gasteiger partial charge in [0.1, 0.15) is 28.4 Å². The van der Waals surface area contributed by atoms with Crippen molar-refractivity contribution in [3.63, 3.8) is 0 Å². The molecule has 33 heavy (non-hydrogen) atoms. The molecule has 0 radical (unpaired) electrons. The first-order valence-electron chi connectivity index (χ1n) is 10.9. The van der Waals surface area contributed by atoms with Gasteiger partial charge in [-0.15, -0.1) is 11.3 Å². The van der Waals surface area contributed by atoms with Crippen LogP contribution in [0.25, 0.3) is 10.4 Å². The van der Waals surface area contributed by atoms with E-state index in [2.05, 4.69) is 4.98 Å². The zero-order valence-corrected chi connectivity index (χ0v) is 20.4. The zero-order chi connectivity index (χ0) is 23.1. The van der Waals surface area contributed by atoms with Gasteiger partial charge in [0.05, 0.1) is 9.88 Å². The normalized spacial score (nSPS) is 22.6. The van der Waals surface area contributed by atoms with Crippen LogP contribution in [0.5, 0.6) is 0 Å². The molecule has 2 atom stereocenters. The highest BCUT2D eigenvalue weighted by molar-refractivity contribution is 7.15. The predicted molar refractivity (Wildman–Crippen MR) is 129 cm³/mol. The number of carbonyl (C=O) groups excluding carboxylic acids is 1. The monoisotopic (exact) mass is 506 g/mol. The van der Waals surface area contributed by atoms with Crippen LogP contribution in [-0.2, 0) is 0 Å². The zero-order valence-electron chi connectivity index (χ0n) is 18.0. The minimum absolute atomic E-state index is 0.0283. The smallest absolute Gasteiger partial charge is 0.274 e. The van der Waals surface area contributed by atoms with E-state index >= 15 is 0 Å². The van der Waals surface area contributed by atoms with Crippen LogP contribution in [0.15, 0.2) is 52.4 Å². The molecule has 3 aliphatic rings. The van der Waals surface area contributed by atoms with Gasteiger partial charge in [-0.1, -0.05) is 23.7 Å². The molecule has 5 rings (SSSR count). The standard InChI is InChI=1S/C23H22Cl2FN5OS/c1-14-27-20(21(33-14)15-5-7-16(26)8-6-15)23(32)31-9-3-2-4-18(31)10-17-11-29-13-30(25)12-19(24)22(29)28-17/h5-8,11-12,18H,2-4,9-10,13H2,1H3/p+1/t18-/m0/s1. The fourth-order valence-electron chi connectivity index (χ4n) is 4.57. The number of hydrogen-bond donors (Lipinski definition) is 1. The van der Waals surface area contributed by atoms with Crippen LogP contribution in [0.2, 0.25) is 0 Å². The van der Waals surface area contributed by atoms with Crippen LogP contribution >= 0.6 is 34.7 Å². The van der Waals surface area contributed by atoms with Gasteiger partial charge < -0.3 is 4.90 Å². The third-order valence-corrected chi connectivity index (χ3v) is 7.59. The van der Waals surface area contributed by atoms with E-state index in [0.29, 0.717) is 30.4 Å². The number of rotatable bonds is 4. The van der Waals surface area contributed by atoms with Crippen LogP contribution in [0.1, 0.15) is 41.2 Å². The lowest BCUT2D eigenvalue weighted by molar-refractivity contribution is -0.755. The molecule has 10 heteroatoms. The summed E-state index contributed by atoms with van der Waals surface area (Å²) in [6.07, 6.45) is 7.28. The number of quaternary nitrogens is 1. The maximum atomic E-state index is 13.7. The van der Waals surface area contributed by atoms with E-state index in [1.165, 1.54) is 27.9 Å². The number of benzene rings is 1. The third kappa shape index (κ3) is 4.57. The Hall–Kier alpha value is -2.26. The number of thiazole rings is 1. The minimum atomic E-state index is -0.305. The molecule has 1 N–H and O–H groups in total. The van der Waals surface area contributed by atoms with Gasteiger partial charge in [0, 0.05) is 37.0 Å². The summed E-state index contributed by atoms with van der Waals surface area (Å²) in [5, 5.41) is 1.33. The SMILES string of the molecule is Cc1nc(C(=O)N2CCCC[C@H]2CC2=C[NH+]3CN(Cl)C=C(Cl)C3=N2)c(-c2ccc(F)cc2)s1. The van der Waals surface area contributed by atoms with Crippen molar-refractivity contribution in [3.8, 4) is 10.4 Å². The van der Waals surface area contributed by atoms with Crippen LogP contribution in [0.4, 0.5) is 4.39 Å². The molecule has 1 unspecified atom stereocenters. The van der Waals surface area contributed by atoms with Crippen LogP contribution in [-0.4, -0.2) is 45.3 Å². The second kappa shape index (κ2) is 9.18. The summed E-state index contributed by atoms with van der Waals surface area (Å²) in [7, 11) is 0. The lowest BCUT2D eigenvalue weighted by atomic mass is 9.97. The Morgan fingerprint density at radius 3 is 2.88 bits per heavy atom. The maximum absolute atomic E-state index is 13.7. The second-order valence-corrected chi connectivity index (χ2v) is 10.5. The number of fused-ring (bicyclic) bond motifs is 1. The molecule has 172 valence electrons. The van der Waals surface area contributed by atoms with Gasteiger partial charge in [-0.05, 0) is 43.9 Å². The number of piperidine rings is 1. The highest BCUT2D eigenvalue weighted by Gasteiger charge is 2.36. The van der Waals surface area contributed by atoms with Crippen molar-refractivity contribution in [1.29, 1.82) is 0 Å². The number of nitrogens with one attached hydrogen (secondary N) is 1. The summed E-state index contributed by atoms with van der Waals surface area (Å²) >= 11 is 13.9. The molecule has 4 heterocycles. The summed E-state index contributed by atoms with van der Waals surface area (Å²) < 4.78 is 15.0. The molecule has 1 fully saturated rings. The van der Waals surface area contributed by atoms with Crippen molar-refractivity contribution in [1.82, 2.24) is 14.3 Å². The number of likely N-dealkylation sites (tertiary alicyclic amines) is 1. The molecule has 1 aromatic carbocycles. The Balaban J connectivity index is 1.39. The Bertz CT molecular complexity index is 1180. The number of amides is 1. The van der Waals surface area contributed by atoms with E-state index in [9.17, 15) is 9.18 Å². The van der Waals surface area contributed by atoms with Gasteiger partial charge in [-0.3, -0.25) is 4.79 Å². The van der Waals surface area contributed by atoms with Gasteiger partial charge in [0.15, 0.2) is 6.67 Å². The summed E-state index contributed by atoms with van der Waals surface area (Å²) in [5.74, 6) is 0.386. The highest BCUT2D eigenvalue weighted by atomic mass is 35.5. The van der Waals surface area contributed by atoms with Gasteiger partial charge in [0.2, 0.25) is 0 Å². The van der Waals surface area contributed by atoms with Crippen molar-refractivity contribution < 1.29 is 14.1 Å². The number of aromatic nitrogens is 1. The quantitative estimate of drug-likeness (QED) is 0.629. The molecule has 2 aromatic rings. The first kappa shape index (κ1) is 22.5. The van der Waals surface area contributed by atoms with E-state index in [1.54, 1.807) is 18.3 Å². The molecular weight excluding hydrogens is 484 g/mol. The van der Waals surface area contributed by atoms with E-state index < -0.39 is 0 Å². The van der Waals surface area contributed by atoms with Crippen molar-refractivity contribution in [2.45, 2.75) is 38.6 Å². The summed E-state index contributed by atoms with van der Waals surface area (Å²) in [5.41, 5.74) is 2.15. The number of aliphatic imine (C=N–C) groups is 1. The average molecular weight is 507 g/mol. The molecule has 0 saturated carbocycles. The van der Waals surface area contributed by atoms with Gasteiger partial charge in [-0.2, -0.15) is 4.99 Å². The van der Waals surface area contributed by atoms with Crippen molar-refractivity contribution in [2.24, 2.45) is 4.99 Å². The second-order valence-electron chi connectivity index (χ2n) is 8.43. The van der Waals surface area contributed by atoms with Crippen LogP contribution < -0.4 is 4.90 Å². The molecule has 6 nitrogen and oxygen atoms in total. The molecule has 0 spiro atoms. The molecule has 1 amide bonds. The number of carbonyl (C=O) groups is 1. The number of amidine groups is 1. The fourth-order valence-corrected chi connectivity index (χ4v) is 6.04. The van der Waals surface area contributed by atoms with E-state index in [1.807, 2.05) is 18.0 Å². The molecule has 3 aliphatic heterocycles. The summed E-state index contributed by atoms with van der Waals surface area (Å²) in [4.78, 5) is 26.7. The van der Waals surface area contributed by atoms with Gasteiger partial charge in [-0.25, -0.2) is 18.7 Å². The van der Waals surface area contributed by atoms with Crippen molar-refractivity contribution in [2.75, 3.05) is 13.2 Å². The summed E-state index contributed by atoms with van der Waals surface area (Å²) in [6, 6.07) is 6.24. The van der Waals surface area contributed by atoms with E-state index in [-0.39, 0.29) is 17.8 Å². The average Bonchev–Trinajstić information content (AvgIpc) is 3.37. The Kier molecular flexibility index (Phi) is 6.26. The third-order valence-electron chi connectivity index (χ3n) is 6.08. The Labute approximate surface area is 205 Å². The van der Waals surface area contributed by atoms with Crippen LogP contribution in [0.3, 0.4) is 0 Å². The van der Waals surface area contributed by atoms with Crippen LogP contribution in [0, 0.1) is 12.7 Å². The van der Waals surface area contributed by atoms with E-state index in [4.69, 9.17) is 28.4 Å². The molecule has 0 bridgehead atoms. The van der Waals surface area contributed by atoms with Gasteiger partial charge in [0.25, 0.3) is 11.7 Å². The first-order valence-corrected chi connectivity index (χ1v) is 12.4. The fraction of sp³-hybridized carbons (Fsp3) is 0.348. The number of nitrogens with zero attached hydrogens (tertiary/aromatic N) is 4. The molecule has 1 saturated heterocycles. The lowest BCUT2D eigenvalue weighted by Gasteiger charge is -2.35. The Morgan fingerprint density at radius 1 is 1.30 bits per heavy atom. The number of aryl methyl sites for hydroxylation is 1. The Morgan fingerprint density at radius 2 is 2.09 bits per heavy atom. The first-order chi connectivity index (χ1) is 15.9. The molecule has 1 aromatic heterocycles. The molecular formula is C23H23Cl2FN5OS+. The number of halogens is 3. The highest BCUT2D eigenvalue weighted by Crippen LogP contribution is 2.33. The minimum Gasteiger partial charge on any atom is -0.334 e. The maximum Gasteiger partial charge on any atom is 0.274 e. The van der Waals surface area contributed by atoms with Crippen molar-refractivity contribution >= 4 is 46.5 Å². The van der Waals surface area contributed by atoms with Gasteiger partial charge >= 0.3 is 0 Å². The molecule has 0 aliphatic carbocycles. The van der Waals surface area contributed by atoms with Crippen molar-refractivity contribution in [3.05, 3.63) is 63.9 Å². The number of hydrogen-bond acceptors (Lipinski definition) is 5. The topological polar surface area (TPSA) is 53.2 Å². The summed E-state index contributed by atoms with van der Waals surface area (Å²) in [6.45, 7) is 3.12.